The van der Waals surface area contributed by atoms with E-state index in [1.54, 1.807) is 0 Å². The van der Waals surface area contributed by atoms with Gasteiger partial charge in [0, 0.05) is 25.7 Å². The number of hydrogen-bond donors (Lipinski definition) is 3. The third-order valence-corrected chi connectivity index (χ3v) is 20.5. The van der Waals surface area contributed by atoms with Crippen molar-refractivity contribution in [2.24, 2.45) is 17.8 Å². The number of ether oxygens (including phenoxy) is 4. The SMILES string of the molecule is CCCCCCCCCCCCCCCCCCCCC(=O)O[C@H](COC(=O)CCCCCCCCCCCCCCCCC(C)C)COP(=O)(O)OC[C@@H](O)COP(=O)(O)OC[C@@H](COC(=O)CCCCCCCCCCCC(C)C)OC(=O)CCCCCCCCCCCC(C)C. The highest BCUT2D eigenvalue weighted by Gasteiger charge is 2.30. The fourth-order valence-electron chi connectivity index (χ4n) is 12.3. The Morgan fingerprint density at radius 3 is 0.687 bits per heavy atom. The van der Waals surface area contributed by atoms with Crippen LogP contribution in [-0.4, -0.2) is 96.7 Å². The van der Waals surface area contributed by atoms with Crippen molar-refractivity contribution in [3.63, 3.8) is 0 Å². The summed E-state index contributed by atoms with van der Waals surface area (Å²) < 4.78 is 68.7. The lowest BCUT2D eigenvalue weighted by Gasteiger charge is -2.21. The highest BCUT2D eigenvalue weighted by Crippen LogP contribution is 2.45. The Balaban J connectivity index is 5.25. The van der Waals surface area contributed by atoms with E-state index in [0.717, 1.165) is 108 Å². The van der Waals surface area contributed by atoms with Gasteiger partial charge in [-0.05, 0) is 43.4 Å². The van der Waals surface area contributed by atoms with Crippen molar-refractivity contribution in [2.75, 3.05) is 39.6 Å². The van der Waals surface area contributed by atoms with E-state index >= 15 is 0 Å². The molecule has 0 saturated heterocycles. The summed E-state index contributed by atoms with van der Waals surface area (Å²) in [4.78, 5) is 73.0. The van der Waals surface area contributed by atoms with Gasteiger partial charge in [-0.3, -0.25) is 37.3 Å². The minimum absolute atomic E-state index is 0.105. The minimum atomic E-state index is -4.96. The Kier molecular flexibility index (Phi) is 69.0. The van der Waals surface area contributed by atoms with Crippen LogP contribution in [0.3, 0.4) is 0 Å². The van der Waals surface area contributed by atoms with E-state index < -0.39 is 97.5 Å². The van der Waals surface area contributed by atoms with Crippen LogP contribution in [0.4, 0.5) is 0 Å². The molecule has 0 aromatic carbocycles. The van der Waals surface area contributed by atoms with Gasteiger partial charge in [0.25, 0.3) is 0 Å². The van der Waals surface area contributed by atoms with Gasteiger partial charge in [0.05, 0.1) is 26.4 Å². The lowest BCUT2D eigenvalue weighted by Crippen LogP contribution is -2.30. The van der Waals surface area contributed by atoms with E-state index in [0.29, 0.717) is 25.7 Å². The van der Waals surface area contributed by atoms with E-state index in [1.165, 1.54) is 225 Å². The largest absolute Gasteiger partial charge is 0.472 e. The topological polar surface area (TPSA) is 237 Å². The summed E-state index contributed by atoms with van der Waals surface area (Å²) in [7, 11) is -9.92. The Bertz CT molecular complexity index is 1920. The first-order chi connectivity index (χ1) is 47.7. The van der Waals surface area contributed by atoms with E-state index in [9.17, 15) is 43.2 Å². The van der Waals surface area contributed by atoms with E-state index in [-0.39, 0.29) is 25.7 Å². The molecule has 0 saturated carbocycles. The molecule has 0 aliphatic rings. The average molecular weight is 1450 g/mol. The molecule has 99 heavy (non-hydrogen) atoms. The number of hydrogen-bond acceptors (Lipinski definition) is 15. The van der Waals surface area contributed by atoms with E-state index in [1.807, 2.05) is 0 Å². The highest BCUT2D eigenvalue weighted by molar-refractivity contribution is 7.47. The molecular formula is C80H156O17P2. The molecular weight excluding hydrogens is 1290 g/mol. The Morgan fingerprint density at radius 2 is 0.465 bits per heavy atom. The number of carbonyl (C=O) groups is 4. The van der Waals surface area contributed by atoms with Crippen LogP contribution in [0.5, 0.6) is 0 Å². The monoisotopic (exact) mass is 1450 g/mol. The zero-order valence-electron chi connectivity index (χ0n) is 65.0. The van der Waals surface area contributed by atoms with Gasteiger partial charge in [-0.25, -0.2) is 9.13 Å². The first-order valence-electron chi connectivity index (χ1n) is 41.3. The number of phosphoric acid groups is 2. The van der Waals surface area contributed by atoms with Crippen LogP contribution < -0.4 is 0 Å². The van der Waals surface area contributed by atoms with Crippen LogP contribution in [0.1, 0.15) is 414 Å². The van der Waals surface area contributed by atoms with Crippen LogP contribution in [0.25, 0.3) is 0 Å². The van der Waals surface area contributed by atoms with Gasteiger partial charge in [0.15, 0.2) is 12.2 Å². The number of aliphatic hydroxyl groups excluding tert-OH is 1. The second-order valence-corrected chi connectivity index (χ2v) is 33.1. The van der Waals surface area contributed by atoms with Crippen LogP contribution >= 0.6 is 15.6 Å². The quantitative estimate of drug-likeness (QED) is 0.0222. The van der Waals surface area contributed by atoms with Crippen molar-refractivity contribution in [1.82, 2.24) is 0 Å². The van der Waals surface area contributed by atoms with Crippen molar-refractivity contribution in [3.8, 4) is 0 Å². The maximum Gasteiger partial charge on any atom is 0.472 e. The summed E-state index contributed by atoms with van der Waals surface area (Å²) in [5.74, 6) is 0.167. The van der Waals surface area contributed by atoms with Gasteiger partial charge in [-0.15, -0.1) is 0 Å². The third kappa shape index (κ3) is 74.1. The predicted molar refractivity (Wildman–Crippen MR) is 405 cm³/mol. The zero-order chi connectivity index (χ0) is 73.0. The molecule has 0 bridgehead atoms. The molecule has 588 valence electrons. The molecule has 0 rings (SSSR count). The van der Waals surface area contributed by atoms with Gasteiger partial charge in [-0.2, -0.15) is 0 Å². The van der Waals surface area contributed by atoms with Crippen LogP contribution in [0.2, 0.25) is 0 Å². The Morgan fingerprint density at radius 1 is 0.273 bits per heavy atom. The van der Waals surface area contributed by atoms with Crippen molar-refractivity contribution >= 4 is 39.5 Å². The number of carbonyl (C=O) groups excluding carboxylic acids is 4. The molecule has 0 aromatic rings. The molecule has 0 aliphatic carbocycles. The molecule has 0 aromatic heterocycles. The van der Waals surface area contributed by atoms with E-state index in [4.69, 9.17) is 37.0 Å². The molecule has 0 radical (unpaired) electrons. The van der Waals surface area contributed by atoms with Crippen molar-refractivity contribution in [2.45, 2.75) is 433 Å². The predicted octanol–water partition coefficient (Wildman–Crippen LogP) is 23.7. The van der Waals surface area contributed by atoms with Gasteiger partial charge >= 0.3 is 39.5 Å². The summed E-state index contributed by atoms with van der Waals surface area (Å²) in [6.45, 7) is 11.9. The first kappa shape index (κ1) is 97.1. The normalized spacial score (nSPS) is 14.0. The minimum Gasteiger partial charge on any atom is -0.462 e. The summed E-state index contributed by atoms with van der Waals surface area (Å²) in [6.07, 6.45) is 58.3. The highest BCUT2D eigenvalue weighted by atomic mass is 31.2. The molecule has 17 nitrogen and oxygen atoms in total. The first-order valence-corrected chi connectivity index (χ1v) is 44.3. The van der Waals surface area contributed by atoms with Gasteiger partial charge in [0.2, 0.25) is 0 Å². The Labute approximate surface area is 607 Å². The summed E-state index contributed by atoms with van der Waals surface area (Å²) in [5.41, 5.74) is 0. The maximum atomic E-state index is 13.1. The molecule has 0 aliphatic heterocycles. The average Bonchev–Trinajstić information content (AvgIpc) is 1.29. The zero-order valence-corrected chi connectivity index (χ0v) is 66.8. The Hall–Kier alpha value is -1.94. The summed E-state index contributed by atoms with van der Waals surface area (Å²) in [5, 5.41) is 10.6. The van der Waals surface area contributed by atoms with Crippen molar-refractivity contribution in [3.05, 3.63) is 0 Å². The fourth-order valence-corrected chi connectivity index (χ4v) is 13.9. The molecule has 0 fully saturated rings. The molecule has 3 N–H and O–H groups in total. The molecule has 5 atom stereocenters. The molecule has 0 spiro atoms. The number of unbranched alkanes of at least 4 members (excludes halogenated alkanes) is 46. The number of esters is 4. The van der Waals surface area contributed by atoms with Crippen LogP contribution in [0.15, 0.2) is 0 Å². The lowest BCUT2D eigenvalue weighted by atomic mass is 10.0. The van der Waals surface area contributed by atoms with Crippen molar-refractivity contribution in [1.29, 1.82) is 0 Å². The standard InChI is InChI=1S/C80H156O17P2/c1-8-9-10-11-12-13-14-15-16-17-18-19-24-27-34-42-49-56-63-79(84)96-75(67-90-77(82)61-54-47-40-33-26-23-21-20-22-25-30-37-44-51-58-71(2)3)69-94-98(86,87)92-65-74(81)66-93-99(88,89)95-70-76(97-80(85)64-57-50-43-36-29-32-39-46-53-60-73(6)7)68-91-78(83)62-55-48-41-35-28-31-38-45-52-59-72(4)5/h71-76,81H,8-70H2,1-7H3,(H,86,87)(H,88,89)/t74-,75-,76-/m1/s1. The van der Waals surface area contributed by atoms with Gasteiger partial charge in [-0.1, -0.05) is 363 Å². The van der Waals surface area contributed by atoms with Crippen molar-refractivity contribution < 1.29 is 80.2 Å². The summed E-state index contributed by atoms with van der Waals surface area (Å²) in [6, 6.07) is 0. The second kappa shape index (κ2) is 70.4. The maximum absolute atomic E-state index is 13.1. The van der Waals surface area contributed by atoms with Crippen LogP contribution in [0, 0.1) is 17.8 Å². The number of phosphoric ester groups is 2. The molecule has 0 heterocycles. The fraction of sp³-hybridized carbons (Fsp3) is 0.950. The van der Waals surface area contributed by atoms with E-state index in [2.05, 4.69) is 48.5 Å². The number of rotatable bonds is 78. The summed E-state index contributed by atoms with van der Waals surface area (Å²) >= 11 is 0. The molecule has 19 heteroatoms. The van der Waals surface area contributed by atoms with Gasteiger partial charge < -0.3 is 33.8 Å². The third-order valence-electron chi connectivity index (χ3n) is 18.6. The van der Waals surface area contributed by atoms with Crippen LogP contribution in [-0.2, 0) is 65.4 Å². The molecule has 2 unspecified atom stereocenters. The molecule has 0 amide bonds. The number of aliphatic hydroxyl groups is 1. The lowest BCUT2D eigenvalue weighted by molar-refractivity contribution is -0.161. The second-order valence-electron chi connectivity index (χ2n) is 30.2. The smallest absolute Gasteiger partial charge is 0.462 e. The van der Waals surface area contributed by atoms with Gasteiger partial charge in [0.1, 0.15) is 19.3 Å².